The highest BCUT2D eigenvalue weighted by molar-refractivity contribution is 9.10. The van der Waals surface area contributed by atoms with Crippen LogP contribution in [-0.2, 0) is 6.54 Å². The number of carbonyl (C=O) groups is 1. The summed E-state index contributed by atoms with van der Waals surface area (Å²) < 4.78 is 3.21. The van der Waals surface area contributed by atoms with Gasteiger partial charge in [0.1, 0.15) is 0 Å². The van der Waals surface area contributed by atoms with Crippen LogP contribution in [0, 0.1) is 5.92 Å². The van der Waals surface area contributed by atoms with Gasteiger partial charge in [-0.25, -0.2) is 4.98 Å². The van der Waals surface area contributed by atoms with E-state index in [4.69, 9.17) is 4.98 Å². The number of Topliss-reactive ketones (excluding diaryl/α,β-unsaturated/α-hetero) is 1. The van der Waals surface area contributed by atoms with Crippen molar-refractivity contribution >= 4 is 44.5 Å². The van der Waals surface area contributed by atoms with Crippen molar-refractivity contribution in [2.75, 3.05) is 0 Å². The molecule has 0 bridgehead atoms. The highest BCUT2D eigenvalue weighted by atomic mass is 79.9. The highest BCUT2D eigenvalue weighted by Crippen LogP contribution is 2.29. The Morgan fingerprint density at radius 3 is 2.48 bits per heavy atom. The second-order valence-electron chi connectivity index (χ2n) is 6.52. The number of thioether (sulfide) groups is 1. The van der Waals surface area contributed by atoms with Crippen LogP contribution in [0.2, 0.25) is 0 Å². The molecule has 0 aliphatic heterocycles. The molecule has 1 heterocycles. The van der Waals surface area contributed by atoms with E-state index >= 15 is 0 Å². The quantitative estimate of drug-likeness (QED) is 0.375. The molecule has 0 amide bonds. The third kappa shape index (κ3) is 4.15. The average molecular weight is 417 g/mol. The van der Waals surface area contributed by atoms with Crippen molar-refractivity contribution in [3.8, 4) is 0 Å². The first-order valence-electron chi connectivity index (χ1n) is 8.37. The molecule has 0 saturated carbocycles. The number of halogens is 1. The highest BCUT2D eigenvalue weighted by Gasteiger charge is 2.21. The zero-order valence-electron chi connectivity index (χ0n) is 14.6. The molecule has 1 aromatic heterocycles. The summed E-state index contributed by atoms with van der Waals surface area (Å²) in [6.07, 6.45) is 0. The van der Waals surface area contributed by atoms with Crippen LogP contribution in [0.3, 0.4) is 0 Å². The Labute approximate surface area is 161 Å². The summed E-state index contributed by atoms with van der Waals surface area (Å²) in [6, 6.07) is 15.7. The fraction of sp³-hybridized carbons (Fsp3) is 0.300. The van der Waals surface area contributed by atoms with E-state index in [1.54, 1.807) is 0 Å². The van der Waals surface area contributed by atoms with E-state index in [1.165, 1.54) is 11.8 Å². The Bertz CT molecular complexity index is 886. The minimum absolute atomic E-state index is 0.126. The van der Waals surface area contributed by atoms with Crippen LogP contribution in [-0.4, -0.2) is 20.6 Å². The van der Waals surface area contributed by atoms with Crippen molar-refractivity contribution in [1.29, 1.82) is 0 Å². The van der Waals surface area contributed by atoms with E-state index in [9.17, 15) is 4.79 Å². The molecule has 2 aromatic carbocycles. The van der Waals surface area contributed by atoms with E-state index in [-0.39, 0.29) is 11.0 Å². The van der Waals surface area contributed by atoms with Crippen LogP contribution < -0.4 is 0 Å². The summed E-state index contributed by atoms with van der Waals surface area (Å²) in [5.41, 5.74) is 2.84. The Kier molecular flexibility index (Phi) is 5.64. The second kappa shape index (κ2) is 7.75. The molecule has 0 spiro atoms. The lowest BCUT2D eigenvalue weighted by Crippen LogP contribution is -2.15. The number of aromatic nitrogens is 2. The van der Waals surface area contributed by atoms with Gasteiger partial charge < -0.3 is 4.57 Å². The molecule has 0 radical (unpaired) electrons. The minimum Gasteiger partial charge on any atom is -0.319 e. The second-order valence-corrected chi connectivity index (χ2v) is 8.74. The van der Waals surface area contributed by atoms with Crippen LogP contribution in [0.5, 0.6) is 0 Å². The van der Waals surface area contributed by atoms with Crippen LogP contribution in [0.25, 0.3) is 11.0 Å². The van der Waals surface area contributed by atoms with Crippen molar-refractivity contribution in [2.24, 2.45) is 5.92 Å². The van der Waals surface area contributed by atoms with Gasteiger partial charge in [-0.2, -0.15) is 0 Å². The molecular weight excluding hydrogens is 396 g/mol. The Morgan fingerprint density at radius 1 is 1.12 bits per heavy atom. The van der Waals surface area contributed by atoms with E-state index in [2.05, 4.69) is 40.4 Å². The Hall–Kier alpha value is -1.59. The van der Waals surface area contributed by atoms with Crippen LogP contribution in [0.4, 0.5) is 0 Å². The lowest BCUT2D eigenvalue weighted by molar-refractivity contribution is 0.0994. The molecular formula is C20H21BrN2OS. The van der Waals surface area contributed by atoms with Crippen LogP contribution in [0.15, 0.2) is 58.2 Å². The summed E-state index contributed by atoms with van der Waals surface area (Å²) in [5, 5.41) is 0.719. The third-order valence-electron chi connectivity index (χ3n) is 3.95. The molecule has 0 unspecified atom stereocenters. The van der Waals surface area contributed by atoms with Gasteiger partial charge in [0.25, 0.3) is 0 Å². The van der Waals surface area contributed by atoms with Gasteiger partial charge in [0.05, 0.1) is 16.3 Å². The molecule has 3 rings (SSSR count). The van der Waals surface area contributed by atoms with E-state index in [1.807, 2.05) is 49.4 Å². The topological polar surface area (TPSA) is 34.9 Å². The maximum atomic E-state index is 12.7. The van der Waals surface area contributed by atoms with Crippen molar-refractivity contribution in [3.63, 3.8) is 0 Å². The zero-order valence-corrected chi connectivity index (χ0v) is 17.0. The molecule has 130 valence electrons. The number of hydrogen-bond acceptors (Lipinski definition) is 3. The molecule has 5 heteroatoms. The number of carbonyl (C=O) groups excluding carboxylic acids is 1. The molecule has 0 saturated heterocycles. The number of hydrogen-bond donors (Lipinski definition) is 0. The van der Waals surface area contributed by atoms with Crippen molar-refractivity contribution in [2.45, 2.75) is 37.7 Å². The number of rotatable bonds is 6. The predicted octanol–water partition coefficient (Wildman–Crippen LogP) is 5.82. The Morgan fingerprint density at radius 2 is 1.80 bits per heavy atom. The molecule has 0 N–H and O–H groups in total. The van der Waals surface area contributed by atoms with Gasteiger partial charge in [0.15, 0.2) is 10.9 Å². The maximum Gasteiger partial charge on any atom is 0.175 e. The fourth-order valence-corrected chi connectivity index (χ4v) is 4.02. The van der Waals surface area contributed by atoms with Crippen molar-refractivity contribution in [1.82, 2.24) is 9.55 Å². The number of benzene rings is 2. The molecule has 1 atom stereocenters. The van der Waals surface area contributed by atoms with Crippen molar-refractivity contribution in [3.05, 3.63) is 58.6 Å². The summed E-state index contributed by atoms with van der Waals surface area (Å²) in [6.45, 7) is 7.23. The number of ketones is 1. The monoisotopic (exact) mass is 416 g/mol. The first-order chi connectivity index (χ1) is 12.0. The SMILES string of the molecule is CC(C)Cn1c(S[C@@H](C)C(=O)c2ccc(Br)cc2)nc2ccccc21. The minimum atomic E-state index is -0.191. The third-order valence-corrected chi connectivity index (χ3v) is 5.57. The van der Waals surface area contributed by atoms with Crippen LogP contribution in [0.1, 0.15) is 31.1 Å². The summed E-state index contributed by atoms with van der Waals surface area (Å²) >= 11 is 4.94. The average Bonchev–Trinajstić information content (AvgIpc) is 2.92. The van der Waals surface area contributed by atoms with Gasteiger partial charge in [-0.15, -0.1) is 0 Å². The molecule has 0 aliphatic carbocycles. The van der Waals surface area contributed by atoms with Gasteiger partial charge in [-0.05, 0) is 37.1 Å². The standard InChI is InChI=1S/C20H21BrN2OS/c1-13(2)12-23-18-7-5-4-6-17(18)22-20(23)25-14(3)19(24)15-8-10-16(21)11-9-15/h4-11,13-14H,12H2,1-3H3/t14-/m0/s1. The number of fused-ring (bicyclic) bond motifs is 1. The summed E-state index contributed by atoms with van der Waals surface area (Å²) in [7, 11) is 0. The van der Waals surface area contributed by atoms with E-state index < -0.39 is 0 Å². The smallest absolute Gasteiger partial charge is 0.175 e. The fourth-order valence-electron chi connectivity index (χ4n) is 2.75. The number of imidazole rings is 1. The Balaban J connectivity index is 1.88. The lowest BCUT2D eigenvalue weighted by atomic mass is 10.1. The van der Waals surface area contributed by atoms with Gasteiger partial charge in [0.2, 0.25) is 0 Å². The molecule has 0 aliphatic rings. The molecule has 25 heavy (non-hydrogen) atoms. The van der Waals surface area contributed by atoms with E-state index in [0.29, 0.717) is 5.92 Å². The number of nitrogens with zero attached hydrogens (tertiary/aromatic N) is 2. The molecule has 3 nitrogen and oxygen atoms in total. The first kappa shape index (κ1) is 18.2. The number of para-hydroxylation sites is 2. The largest absolute Gasteiger partial charge is 0.319 e. The first-order valence-corrected chi connectivity index (χ1v) is 10.0. The zero-order chi connectivity index (χ0) is 18.0. The lowest BCUT2D eigenvalue weighted by Gasteiger charge is -2.14. The molecule has 0 fully saturated rings. The predicted molar refractivity (Wildman–Crippen MR) is 108 cm³/mol. The normalized spacial score (nSPS) is 12.7. The summed E-state index contributed by atoms with van der Waals surface area (Å²) in [5.74, 6) is 0.634. The van der Waals surface area contributed by atoms with E-state index in [0.717, 1.165) is 32.8 Å². The van der Waals surface area contributed by atoms with Gasteiger partial charge in [-0.1, -0.05) is 65.8 Å². The van der Waals surface area contributed by atoms with Crippen molar-refractivity contribution < 1.29 is 4.79 Å². The van der Waals surface area contributed by atoms with Crippen LogP contribution >= 0.6 is 27.7 Å². The molecule has 3 aromatic rings. The van der Waals surface area contributed by atoms with Gasteiger partial charge in [-0.3, -0.25) is 4.79 Å². The van der Waals surface area contributed by atoms with Gasteiger partial charge in [0, 0.05) is 16.6 Å². The van der Waals surface area contributed by atoms with Gasteiger partial charge >= 0.3 is 0 Å². The maximum absolute atomic E-state index is 12.7. The summed E-state index contributed by atoms with van der Waals surface area (Å²) in [4.78, 5) is 17.5.